The molecule has 1 aromatic rings. The van der Waals surface area contributed by atoms with E-state index >= 15 is 0 Å². The van der Waals surface area contributed by atoms with E-state index in [9.17, 15) is 4.79 Å². The highest BCUT2D eigenvalue weighted by molar-refractivity contribution is 5.79. The molecule has 3 rings (SSSR count). The van der Waals surface area contributed by atoms with Crippen LogP contribution in [0.5, 0.6) is 0 Å². The number of amides is 1. The van der Waals surface area contributed by atoms with E-state index in [1.54, 1.807) is 0 Å². The van der Waals surface area contributed by atoms with Crippen molar-refractivity contribution in [1.82, 2.24) is 4.90 Å². The second-order valence-electron chi connectivity index (χ2n) is 5.48. The molecule has 1 fully saturated rings. The van der Waals surface area contributed by atoms with Crippen LogP contribution < -0.4 is 0 Å². The first kappa shape index (κ1) is 11.7. The number of hydrogen-bond donors (Lipinski definition) is 1. The van der Waals surface area contributed by atoms with Gasteiger partial charge in [-0.05, 0) is 36.0 Å². The lowest BCUT2D eigenvalue weighted by Crippen LogP contribution is -2.51. The molecular formula is C15H19NO2. The maximum Gasteiger partial charge on any atom is 0.227 e. The van der Waals surface area contributed by atoms with E-state index in [4.69, 9.17) is 5.11 Å². The fourth-order valence-corrected chi connectivity index (χ4v) is 2.91. The molecule has 0 saturated carbocycles. The quantitative estimate of drug-likeness (QED) is 0.868. The van der Waals surface area contributed by atoms with Crippen molar-refractivity contribution < 1.29 is 9.90 Å². The van der Waals surface area contributed by atoms with Gasteiger partial charge < -0.3 is 10.0 Å². The molecule has 1 aliphatic heterocycles. The maximum atomic E-state index is 12.0. The van der Waals surface area contributed by atoms with Crippen molar-refractivity contribution in [2.24, 2.45) is 5.92 Å². The minimum absolute atomic E-state index is 0.192. The Morgan fingerprint density at radius 1 is 1.28 bits per heavy atom. The number of carbonyl (C=O) groups is 1. The summed E-state index contributed by atoms with van der Waals surface area (Å²) >= 11 is 0. The number of aryl methyl sites for hydroxylation is 2. The second-order valence-corrected chi connectivity index (χ2v) is 5.48. The summed E-state index contributed by atoms with van der Waals surface area (Å²) in [5.41, 5.74) is 4.01. The summed E-state index contributed by atoms with van der Waals surface area (Å²) in [5.74, 6) is 0.492. The molecule has 0 atom stereocenters. The fourth-order valence-electron chi connectivity index (χ4n) is 2.91. The van der Waals surface area contributed by atoms with Gasteiger partial charge in [-0.2, -0.15) is 0 Å². The van der Waals surface area contributed by atoms with Crippen LogP contribution in [0.25, 0.3) is 0 Å². The number of nitrogens with zero attached hydrogens (tertiary/aromatic N) is 1. The van der Waals surface area contributed by atoms with E-state index in [0.29, 0.717) is 12.3 Å². The third-order valence-corrected chi connectivity index (χ3v) is 4.09. The highest BCUT2D eigenvalue weighted by Gasteiger charge is 2.29. The normalized spacial score (nSPS) is 18.6. The highest BCUT2D eigenvalue weighted by atomic mass is 16.3. The van der Waals surface area contributed by atoms with Crippen LogP contribution >= 0.6 is 0 Å². The van der Waals surface area contributed by atoms with Crippen molar-refractivity contribution in [1.29, 1.82) is 0 Å². The summed E-state index contributed by atoms with van der Waals surface area (Å²) in [4.78, 5) is 13.8. The van der Waals surface area contributed by atoms with E-state index in [-0.39, 0.29) is 12.5 Å². The van der Waals surface area contributed by atoms with E-state index in [2.05, 4.69) is 18.2 Å². The zero-order chi connectivity index (χ0) is 12.5. The first-order valence-corrected chi connectivity index (χ1v) is 6.75. The molecule has 0 bridgehead atoms. The Morgan fingerprint density at radius 2 is 2.06 bits per heavy atom. The van der Waals surface area contributed by atoms with E-state index in [1.165, 1.54) is 24.0 Å². The van der Waals surface area contributed by atoms with Crippen molar-refractivity contribution in [3.8, 4) is 0 Å². The van der Waals surface area contributed by atoms with Crippen molar-refractivity contribution in [2.75, 3.05) is 19.7 Å². The number of aliphatic hydroxyl groups is 1. The summed E-state index contributed by atoms with van der Waals surface area (Å²) in [5, 5.41) is 8.94. The van der Waals surface area contributed by atoms with Gasteiger partial charge in [-0.3, -0.25) is 4.79 Å². The van der Waals surface area contributed by atoms with Gasteiger partial charge in [0.05, 0.1) is 6.42 Å². The molecule has 1 heterocycles. The molecule has 0 aromatic heterocycles. The van der Waals surface area contributed by atoms with Crippen molar-refractivity contribution in [3.05, 3.63) is 34.9 Å². The molecule has 1 amide bonds. The number of likely N-dealkylation sites (tertiary alicyclic amines) is 1. The summed E-state index contributed by atoms with van der Waals surface area (Å²) in [6.07, 6.45) is 4.10. The molecule has 1 N–H and O–H groups in total. The SMILES string of the molecule is O=C(Cc1ccc2c(c1)CCC2)N1CC(CO)C1. The number of benzene rings is 1. The van der Waals surface area contributed by atoms with Gasteiger partial charge in [0.25, 0.3) is 0 Å². The molecule has 1 aliphatic carbocycles. The van der Waals surface area contributed by atoms with Crippen LogP contribution in [0.15, 0.2) is 18.2 Å². The summed E-state index contributed by atoms with van der Waals surface area (Å²) < 4.78 is 0. The van der Waals surface area contributed by atoms with Crippen LogP contribution in [0.2, 0.25) is 0 Å². The largest absolute Gasteiger partial charge is 0.396 e. The molecular weight excluding hydrogens is 226 g/mol. The molecule has 0 unspecified atom stereocenters. The second kappa shape index (κ2) is 4.73. The average molecular weight is 245 g/mol. The Kier molecular flexibility index (Phi) is 3.08. The lowest BCUT2D eigenvalue weighted by atomic mass is 9.99. The average Bonchev–Trinajstić information content (AvgIpc) is 2.74. The topological polar surface area (TPSA) is 40.5 Å². The summed E-state index contributed by atoms with van der Waals surface area (Å²) in [6.45, 7) is 1.64. The first-order valence-electron chi connectivity index (χ1n) is 6.75. The van der Waals surface area contributed by atoms with Gasteiger partial charge in [0.2, 0.25) is 5.91 Å². The number of carbonyl (C=O) groups excluding carboxylic acids is 1. The third kappa shape index (κ3) is 2.15. The van der Waals surface area contributed by atoms with E-state index < -0.39 is 0 Å². The molecule has 2 aliphatic rings. The predicted octanol–water partition coefficient (Wildman–Crippen LogP) is 1.17. The van der Waals surface area contributed by atoms with Crippen molar-refractivity contribution in [3.63, 3.8) is 0 Å². The minimum Gasteiger partial charge on any atom is -0.396 e. The van der Waals surface area contributed by atoms with Gasteiger partial charge >= 0.3 is 0 Å². The Labute approximate surface area is 107 Å². The van der Waals surface area contributed by atoms with Crippen LogP contribution in [0.4, 0.5) is 0 Å². The number of fused-ring (bicyclic) bond motifs is 1. The Bertz CT molecular complexity index is 464. The third-order valence-electron chi connectivity index (χ3n) is 4.09. The lowest BCUT2D eigenvalue weighted by Gasteiger charge is -2.38. The smallest absolute Gasteiger partial charge is 0.227 e. The molecule has 3 heteroatoms. The van der Waals surface area contributed by atoms with Crippen LogP contribution in [-0.2, 0) is 24.1 Å². The van der Waals surface area contributed by atoms with Gasteiger partial charge in [0, 0.05) is 25.6 Å². The molecule has 3 nitrogen and oxygen atoms in total. The van der Waals surface area contributed by atoms with Crippen LogP contribution in [0, 0.1) is 5.92 Å². The zero-order valence-electron chi connectivity index (χ0n) is 10.6. The molecule has 96 valence electrons. The fraction of sp³-hybridized carbons (Fsp3) is 0.533. The molecule has 1 saturated heterocycles. The maximum absolute atomic E-state index is 12.0. The van der Waals surface area contributed by atoms with Gasteiger partial charge in [-0.1, -0.05) is 18.2 Å². The standard InChI is InChI=1S/C15H19NO2/c17-10-12-8-16(9-12)15(18)7-11-4-5-13-2-1-3-14(13)6-11/h4-6,12,17H,1-3,7-10H2. The lowest BCUT2D eigenvalue weighted by molar-refractivity contribution is -0.137. The minimum atomic E-state index is 0.192. The Hall–Kier alpha value is -1.35. The van der Waals surface area contributed by atoms with Gasteiger partial charge in [-0.15, -0.1) is 0 Å². The molecule has 0 radical (unpaired) electrons. The first-order chi connectivity index (χ1) is 8.76. The van der Waals surface area contributed by atoms with Crippen molar-refractivity contribution >= 4 is 5.91 Å². The molecule has 18 heavy (non-hydrogen) atoms. The van der Waals surface area contributed by atoms with Crippen LogP contribution in [-0.4, -0.2) is 35.6 Å². The summed E-state index contributed by atoms with van der Waals surface area (Å²) in [6, 6.07) is 6.46. The Morgan fingerprint density at radius 3 is 2.83 bits per heavy atom. The molecule has 0 spiro atoms. The zero-order valence-corrected chi connectivity index (χ0v) is 10.6. The summed E-state index contributed by atoms with van der Waals surface area (Å²) in [7, 11) is 0. The van der Waals surface area contributed by atoms with Crippen molar-refractivity contribution in [2.45, 2.75) is 25.7 Å². The predicted molar refractivity (Wildman–Crippen MR) is 69.3 cm³/mol. The monoisotopic (exact) mass is 245 g/mol. The highest BCUT2D eigenvalue weighted by Crippen LogP contribution is 2.24. The van der Waals surface area contributed by atoms with Gasteiger partial charge in [0.15, 0.2) is 0 Å². The van der Waals surface area contributed by atoms with Gasteiger partial charge in [-0.25, -0.2) is 0 Å². The van der Waals surface area contributed by atoms with Crippen LogP contribution in [0.1, 0.15) is 23.1 Å². The molecule has 1 aromatic carbocycles. The van der Waals surface area contributed by atoms with Gasteiger partial charge in [0.1, 0.15) is 0 Å². The number of rotatable bonds is 3. The van der Waals surface area contributed by atoms with E-state index in [1.807, 2.05) is 4.90 Å². The van der Waals surface area contributed by atoms with E-state index in [0.717, 1.165) is 25.1 Å². The Balaban J connectivity index is 1.61. The number of aliphatic hydroxyl groups excluding tert-OH is 1. The number of hydrogen-bond acceptors (Lipinski definition) is 2. The van der Waals surface area contributed by atoms with Crippen LogP contribution in [0.3, 0.4) is 0 Å².